The summed E-state index contributed by atoms with van der Waals surface area (Å²) in [6, 6.07) is 9.53. The van der Waals surface area contributed by atoms with Crippen LogP contribution in [0.5, 0.6) is 0 Å². The van der Waals surface area contributed by atoms with Crippen molar-refractivity contribution in [2.75, 3.05) is 0 Å². The van der Waals surface area contributed by atoms with Crippen molar-refractivity contribution in [3.63, 3.8) is 0 Å². The van der Waals surface area contributed by atoms with E-state index >= 15 is 0 Å². The maximum atomic E-state index is 12.9. The minimum absolute atomic E-state index is 0.123. The van der Waals surface area contributed by atoms with Crippen molar-refractivity contribution in [3.8, 4) is 5.69 Å². The molecule has 148 valence electrons. The molecular weight excluding hydrogens is 370 g/mol. The van der Waals surface area contributed by atoms with Crippen LogP contribution in [0.2, 0.25) is 0 Å². The SMILES string of the molecule is Cc1cc(C)cc(-n2ccn3c(CCC(=O)NCc4ccco4)nnc3c2=O)c1. The smallest absolute Gasteiger partial charge is 0.300 e. The molecule has 0 spiro atoms. The molecule has 4 rings (SSSR count). The van der Waals surface area contributed by atoms with Crippen LogP contribution in [0.3, 0.4) is 0 Å². The fourth-order valence-electron chi connectivity index (χ4n) is 3.31. The Morgan fingerprint density at radius 3 is 2.66 bits per heavy atom. The van der Waals surface area contributed by atoms with E-state index in [2.05, 4.69) is 21.6 Å². The van der Waals surface area contributed by atoms with E-state index in [0.717, 1.165) is 16.8 Å². The van der Waals surface area contributed by atoms with Gasteiger partial charge in [-0.15, -0.1) is 10.2 Å². The standard InChI is InChI=1S/C21H21N5O3/c1-14-10-15(2)12-16(11-14)25-7-8-26-18(23-24-20(26)21(25)28)5-6-19(27)22-13-17-4-3-9-29-17/h3-4,7-12H,5-6,13H2,1-2H3,(H,22,27). The Morgan fingerprint density at radius 1 is 1.14 bits per heavy atom. The highest BCUT2D eigenvalue weighted by atomic mass is 16.3. The summed E-state index contributed by atoms with van der Waals surface area (Å²) in [6.07, 6.45) is 5.63. The van der Waals surface area contributed by atoms with Gasteiger partial charge in [0.15, 0.2) is 0 Å². The molecule has 29 heavy (non-hydrogen) atoms. The van der Waals surface area contributed by atoms with E-state index in [9.17, 15) is 9.59 Å². The number of hydrogen-bond acceptors (Lipinski definition) is 5. The number of fused-ring (bicyclic) bond motifs is 1. The minimum Gasteiger partial charge on any atom is -0.467 e. The van der Waals surface area contributed by atoms with Crippen LogP contribution < -0.4 is 10.9 Å². The number of amides is 1. The molecule has 0 saturated carbocycles. The van der Waals surface area contributed by atoms with Gasteiger partial charge in [-0.1, -0.05) is 6.07 Å². The number of rotatable bonds is 6. The molecule has 8 nitrogen and oxygen atoms in total. The lowest BCUT2D eigenvalue weighted by Crippen LogP contribution is -2.23. The van der Waals surface area contributed by atoms with Gasteiger partial charge in [-0.2, -0.15) is 0 Å². The number of nitrogens with zero attached hydrogens (tertiary/aromatic N) is 4. The molecule has 0 aliphatic carbocycles. The van der Waals surface area contributed by atoms with E-state index < -0.39 is 0 Å². The van der Waals surface area contributed by atoms with Crippen LogP contribution in [0.1, 0.15) is 29.1 Å². The normalized spacial score (nSPS) is 11.1. The number of carbonyl (C=O) groups excluding carboxylic acids is 1. The second-order valence-corrected chi connectivity index (χ2v) is 6.99. The number of carbonyl (C=O) groups is 1. The van der Waals surface area contributed by atoms with Crippen molar-refractivity contribution in [3.05, 3.63) is 82.1 Å². The molecule has 0 aliphatic heterocycles. The molecule has 3 aromatic heterocycles. The second-order valence-electron chi connectivity index (χ2n) is 6.99. The van der Waals surface area contributed by atoms with Crippen LogP contribution in [-0.4, -0.2) is 25.1 Å². The van der Waals surface area contributed by atoms with Crippen molar-refractivity contribution < 1.29 is 9.21 Å². The number of aryl methyl sites for hydroxylation is 3. The van der Waals surface area contributed by atoms with Crippen LogP contribution >= 0.6 is 0 Å². The van der Waals surface area contributed by atoms with Gasteiger partial charge in [0.1, 0.15) is 11.6 Å². The Bertz CT molecular complexity index is 1200. The summed E-state index contributed by atoms with van der Waals surface area (Å²) in [7, 11) is 0. The summed E-state index contributed by atoms with van der Waals surface area (Å²) < 4.78 is 8.39. The van der Waals surface area contributed by atoms with Crippen molar-refractivity contribution in [1.29, 1.82) is 0 Å². The van der Waals surface area contributed by atoms with Crippen LogP contribution in [0.25, 0.3) is 11.3 Å². The highest BCUT2D eigenvalue weighted by molar-refractivity contribution is 5.76. The first-order valence-electron chi connectivity index (χ1n) is 9.34. The highest BCUT2D eigenvalue weighted by Crippen LogP contribution is 2.13. The topological polar surface area (TPSA) is 94.4 Å². The largest absolute Gasteiger partial charge is 0.467 e. The van der Waals surface area contributed by atoms with E-state index in [0.29, 0.717) is 24.6 Å². The molecule has 8 heteroatoms. The zero-order valence-corrected chi connectivity index (χ0v) is 16.3. The zero-order chi connectivity index (χ0) is 20.4. The number of hydrogen-bond donors (Lipinski definition) is 1. The highest BCUT2D eigenvalue weighted by Gasteiger charge is 2.13. The van der Waals surface area contributed by atoms with E-state index in [1.165, 1.54) is 0 Å². The third-order valence-electron chi connectivity index (χ3n) is 4.64. The number of furan rings is 1. The van der Waals surface area contributed by atoms with Crippen LogP contribution in [0, 0.1) is 13.8 Å². The molecule has 1 amide bonds. The summed E-state index contributed by atoms with van der Waals surface area (Å²) in [5, 5.41) is 10.9. The van der Waals surface area contributed by atoms with E-state index in [1.54, 1.807) is 39.8 Å². The molecule has 3 heterocycles. The molecule has 0 unspecified atom stereocenters. The van der Waals surface area contributed by atoms with Gasteiger partial charge in [0.25, 0.3) is 0 Å². The van der Waals surface area contributed by atoms with Gasteiger partial charge in [0.05, 0.1) is 12.8 Å². The first kappa shape index (κ1) is 18.7. The van der Waals surface area contributed by atoms with E-state index in [-0.39, 0.29) is 23.5 Å². The second kappa shape index (κ2) is 7.75. The van der Waals surface area contributed by atoms with Crippen LogP contribution in [-0.2, 0) is 17.8 Å². The maximum Gasteiger partial charge on any atom is 0.300 e. The molecular formula is C21H21N5O3. The van der Waals surface area contributed by atoms with Crippen LogP contribution in [0.4, 0.5) is 0 Å². The van der Waals surface area contributed by atoms with Gasteiger partial charge in [0, 0.05) is 30.9 Å². The van der Waals surface area contributed by atoms with Crippen molar-refractivity contribution in [1.82, 2.24) is 24.5 Å². The first-order chi connectivity index (χ1) is 14.0. The van der Waals surface area contributed by atoms with Gasteiger partial charge in [-0.25, -0.2) is 0 Å². The molecule has 0 saturated heterocycles. The predicted molar refractivity (Wildman–Crippen MR) is 107 cm³/mol. The lowest BCUT2D eigenvalue weighted by molar-refractivity contribution is -0.121. The average molecular weight is 391 g/mol. The molecule has 1 N–H and O–H groups in total. The Hall–Kier alpha value is -3.68. The Kier molecular flexibility index (Phi) is 4.99. The Morgan fingerprint density at radius 2 is 1.93 bits per heavy atom. The van der Waals surface area contributed by atoms with Crippen molar-refractivity contribution in [2.45, 2.75) is 33.2 Å². The summed E-state index contributed by atoms with van der Waals surface area (Å²) in [6.45, 7) is 4.32. The monoisotopic (exact) mass is 391 g/mol. The van der Waals surface area contributed by atoms with Crippen LogP contribution in [0.15, 0.2) is 58.2 Å². The zero-order valence-electron chi connectivity index (χ0n) is 16.3. The van der Waals surface area contributed by atoms with Crippen molar-refractivity contribution in [2.24, 2.45) is 0 Å². The van der Waals surface area contributed by atoms with E-state index in [1.807, 2.05) is 26.0 Å². The van der Waals surface area contributed by atoms with E-state index in [4.69, 9.17) is 4.42 Å². The van der Waals surface area contributed by atoms with Gasteiger partial charge in [-0.3, -0.25) is 18.6 Å². The van der Waals surface area contributed by atoms with Gasteiger partial charge < -0.3 is 9.73 Å². The fourth-order valence-corrected chi connectivity index (χ4v) is 3.31. The molecule has 0 fully saturated rings. The fraction of sp³-hybridized carbons (Fsp3) is 0.238. The van der Waals surface area contributed by atoms with Gasteiger partial charge in [0.2, 0.25) is 11.6 Å². The van der Waals surface area contributed by atoms with Crippen molar-refractivity contribution >= 4 is 11.6 Å². The average Bonchev–Trinajstić information content (AvgIpc) is 3.34. The number of aromatic nitrogens is 4. The maximum absolute atomic E-state index is 12.9. The Balaban J connectivity index is 1.51. The lowest BCUT2D eigenvalue weighted by Gasteiger charge is -2.09. The molecule has 0 bridgehead atoms. The summed E-state index contributed by atoms with van der Waals surface area (Å²) in [5.41, 5.74) is 2.93. The quantitative estimate of drug-likeness (QED) is 0.544. The number of benzene rings is 1. The molecule has 0 aliphatic rings. The third-order valence-corrected chi connectivity index (χ3v) is 4.64. The number of nitrogens with one attached hydrogen (secondary N) is 1. The van der Waals surface area contributed by atoms with Gasteiger partial charge in [-0.05, 0) is 49.2 Å². The lowest BCUT2D eigenvalue weighted by atomic mass is 10.1. The predicted octanol–water partition coefficient (Wildman–Crippen LogP) is 2.34. The first-order valence-corrected chi connectivity index (χ1v) is 9.34. The van der Waals surface area contributed by atoms with Gasteiger partial charge >= 0.3 is 5.56 Å². The third kappa shape index (κ3) is 3.96. The summed E-state index contributed by atoms with van der Waals surface area (Å²) in [4.78, 5) is 25.0. The summed E-state index contributed by atoms with van der Waals surface area (Å²) in [5.74, 6) is 1.14. The summed E-state index contributed by atoms with van der Waals surface area (Å²) >= 11 is 0. The molecule has 1 aromatic carbocycles. The molecule has 4 aromatic rings. The molecule has 0 atom stereocenters. The minimum atomic E-state index is -0.251. The Labute approximate surface area is 166 Å². The molecule has 0 radical (unpaired) electrons.